The smallest absolute Gasteiger partial charge is 0.255 e. The van der Waals surface area contributed by atoms with Crippen molar-refractivity contribution in [1.82, 2.24) is 9.80 Å². The van der Waals surface area contributed by atoms with Crippen molar-refractivity contribution in [2.45, 2.75) is 49.9 Å². The van der Waals surface area contributed by atoms with Crippen LogP contribution >= 0.6 is 0 Å². The maximum atomic E-state index is 14.3. The van der Waals surface area contributed by atoms with E-state index in [1.54, 1.807) is 14.1 Å². The predicted octanol–water partition coefficient (Wildman–Crippen LogP) is 1.63. The Balaban J connectivity index is 1.44. The monoisotopic (exact) mass is 608 g/mol. The number of Topliss-reactive ketones (excluding diaryl/α,β-unsaturated/α-hetero) is 2. The van der Waals surface area contributed by atoms with Crippen LogP contribution in [0.1, 0.15) is 53.3 Å². The molecule has 1 aromatic carbocycles. The zero-order chi connectivity index (χ0) is 31.8. The van der Waals surface area contributed by atoms with Crippen LogP contribution in [-0.4, -0.2) is 107 Å². The standard InChI is InChI=1S/C32H40N4O8/c1-34(2)20-13-18(21-8-7-16(44-21)14-36-9-5-6-10-36)26(37)23-17(20)11-15-12-19-25(35(3)4)28(39)24(31(33)42)30(41)32(19,43)29(40)22(15)27(23)38/h7,13,15,19,21,25,37,39-40,43H,5-6,8-12,14H2,1-4H3,(H2,33,42)/t15-,19-,21?,25-,32-/m0/s1. The number of phenolic OH excluding ortho intramolecular Hbond substituents is 1. The number of primary amides is 1. The number of carbonyl (C=O) groups excluding carboxylic acids is 3. The van der Waals surface area contributed by atoms with Crippen molar-refractivity contribution >= 4 is 23.2 Å². The van der Waals surface area contributed by atoms with Crippen LogP contribution in [-0.2, 0) is 20.7 Å². The van der Waals surface area contributed by atoms with Crippen molar-refractivity contribution in [2.75, 3.05) is 52.7 Å². The SMILES string of the molecule is CN(C)c1cc(C2CC=C(CN3CCCC3)O2)c(O)c2c1C[C@H]1C[C@H]3[C@H](N(C)C)C(O)=C(C(N)=O)C(=O)[C@@]3(O)C(O)=C1C2=O. The molecule has 1 amide bonds. The number of benzene rings is 1. The molecule has 12 heteroatoms. The highest BCUT2D eigenvalue weighted by atomic mass is 16.5. The van der Waals surface area contributed by atoms with Gasteiger partial charge in [-0.25, -0.2) is 0 Å². The molecule has 1 unspecified atom stereocenters. The van der Waals surface area contributed by atoms with Crippen molar-refractivity contribution in [2.24, 2.45) is 17.6 Å². The van der Waals surface area contributed by atoms with E-state index in [9.17, 15) is 34.8 Å². The first kappa shape index (κ1) is 30.2. The number of rotatable bonds is 6. The lowest BCUT2D eigenvalue weighted by Gasteiger charge is -2.50. The van der Waals surface area contributed by atoms with Crippen LogP contribution in [0.2, 0.25) is 0 Å². The number of aliphatic hydroxyl groups excluding tert-OH is 2. The molecule has 0 bridgehead atoms. The molecule has 1 aromatic rings. The average Bonchev–Trinajstić information content (AvgIpc) is 3.63. The van der Waals surface area contributed by atoms with Crippen molar-refractivity contribution < 1.29 is 39.5 Å². The van der Waals surface area contributed by atoms with Gasteiger partial charge in [-0.05, 0) is 76.5 Å². The maximum absolute atomic E-state index is 14.3. The Morgan fingerprint density at radius 1 is 1.14 bits per heavy atom. The fourth-order valence-electron chi connectivity index (χ4n) is 7.93. The Bertz CT molecular complexity index is 1550. The van der Waals surface area contributed by atoms with Gasteiger partial charge in [0.2, 0.25) is 5.78 Å². The van der Waals surface area contributed by atoms with E-state index in [1.165, 1.54) is 4.90 Å². The van der Waals surface area contributed by atoms with E-state index in [0.717, 1.165) is 31.7 Å². The Labute approximate surface area is 255 Å². The van der Waals surface area contributed by atoms with Gasteiger partial charge in [0.25, 0.3) is 5.91 Å². The van der Waals surface area contributed by atoms with Gasteiger partial charge in [-0.2, -0.15) is 0 Å². The molecule has 1 saturated heterocycles. The molecule has 3 aliphatic carbocycles. The number of ketones is 2. The van der Waals surface area contributed by atoms with Crippen LogP contribution in [0.3, 0.4) is 0 Å². The highest BCUT2D eigenvalue weighted by Crippen LogP contribution is 2.54. The highest BCUT2D eigenvalue weighted by molar-refractivity contribution is 6.25. The summed E-state index contributed by atoms with van der Waals surface area (Å²) >= 11 is 0. The number of ether oxygens (including phenoxy) is 1. The van der Waals surface area contributed by atoms with E-state index in [4.69, 9.17) is 10.5 Å². The normalized spacial score (nSPS) is 30.3. The summed E-state index contributed by atoms with van der Waals surface area (Å²) in [5.41, 5.74) is 3.46. The van der Waals surface area contributed by atoms with E-state index in [-0.39, 0.29) is 29.7 Å². The lowest BCUT2D eigenvalue weighted by molar-refractivity contribution is -0.148. The van der Waals surface area contributed by atoms with Gasteiger partial charge < -0.3 is 35.8 Å². The molecule has 2 heterocycles. The molecular weight excluding hydrogens is 568 g/mol. The molecule has 12 nitrogen and oxygen atoms in total. The van der Waals surface area contributed by atoms with Gasteiger partial charge in [0.15, 0.2) is 11.4 Å². The average molecular weight is 609 g/mol. The number of aliphatic hydroxyl groups is 3. The predicted molar refractivity (Wildman–Crippen MR) is 160 cm³/mol. The molecule has 6 N–H and O–H groups in total. The Kier molecular flexibility index (Phi) is 7.29. The summed E-state index contributed by atoms with van der Waals surface area (Å²) in [6.45, 7) is 2.70. The number of aromatic hydroxyl groups is 1. The molecule has 0 spiro atoms. The zero-order valence-corrected chi connectivity index (χ0v) is 25.5. The molecule has 0 saturated carbocycles. The number of amides is 1. The van der Waals surface area contributed by atoms with Crippen LogP contribution in [0.4, 0.5) is 5.69 Å². The second kappa shape index (κ2) is 10.6. The molecule has 0 aromatic heterocycles. The number of fused-ring (bicyclic) bond motifs is 3. The van der Waals surface area contributed by atoms with Crippen molar-refractivity contribution in [3.05, 3.63) is 57.3 Å². The topological polar surface area (TPSA) is 177 Å². The summed E-state index contributed by atoms with van der Waals surface area (Å²) < 4.78 is 6.26. The van der Waals surface area contributed by atoms with Crippen LogP contribution in [0.15, 0.2) is 40.6 Å². The third kappa shape index (κ3) is 4.33. The minimum absolute atomic E-state index is 0.0106. The van der Waals surface area contributed by atoms with E-state index >= 15 is 0 Å². The Hall–Kier alpha value is -3.87. The molecule has 5 atom stereocenters. The maximum Gasteiger partial charge on any atom is 0.255 e. The van der Waals surface area contributed by atoms with Gasteiger partial charge >= 0.3 is 0 Å². The number of carbonyl (C=O) groups is 3. The molecule has 6 rings (SSSR count). The number of likely N-dealkylation sites (N-methyl/N-ethyl adjacent to an activating group) is 1. The summed E-state index contributed by atoms with van der Waals surface area (Å²) in [5.74, 6) is -5.83. The van der Waals surface area contributed by atoms with E-state index in [0.29, 0.717) is 29.8 Å². The van der Waals surface area contributed by atoms with E-state index < -0.39 is 64.1 Å². The lowest BCUT2D eigenvalue weighted by Crippen LogP contribution is -2.63. The number of likely N-dealkylation sites (tertiary alicyclic amines) is 1. The largest absolute Gasteiger partial charge is 0.510 e. The van der Waals surface area contributed by atoms with Crippen molar-refractivity contribution in [3.8, 4) is 5.75 Å². The lowest BCUT2D eigenvalue weighted by atomic mass is 9.58. The molecular formula is C32H40N4O8. The van der Waals surface area contributed by atoms with Crippen molar-refractivity contribution in [3.63, 3.8) is 0 Å². The molecule has 44 heavy (non-hydrogen) atoms. The van der Waals surface area contributed by atoms with Crippen LogP contribution in [0, 0.1) is 11.8 Å². The number of hydrogen-bond acceptors (Lipinski definition) is 11. The first-order valence-electron chi connectivity index (χ1n) is 15.1. The second-order valence-electron chi connectivity index (χ2n) is 13.0. The molecule has 0 radical (unpaired) electrons. The van der Waals surface area contributed by atoms with E-state index in [1.807, 2.05) is 31.1 Å². The van der Waals surface area contributed by atoms with Gasteiger partial charge in [0.1, 0.15) is 34.7 Å². The highest BCUT2D eigenvalue weighted by Gasteiger charge is 2.63. The zero-order valence-electron chi connectivity index (χ0n) is 25.5. The Morgan fingerprint density at radius 2 is 1.82 bits per heavy atom. The van der Waals surface area contributed by atoms with Crippen LogP contribution in [0.5, 0.6) is 5.75 Å². The molecule has 2 aliphatic heterocycles. The number of nitrogens with zero attached hydrogens (tertiary/aromatic N) is 3. The first-order valence-corrected chi connectivity index (χ1v) is 15.1. The summed E-state index contributed by atoms with van der Waals surface area (Å²) in [7, 11) is 6.89. The van der Waals surface area contributed by atoms with Crippen molar-refractivity contribution in [1.29, 1.82) is 0 Å². The van der Waals surface area contributed by atoms with Gasteiger partial charge in [-0.3, -0.25) is 24.2 Å². The summed E-state index contributed by atoms with van der Waals surface area (Å²) in [6, 6.07) is 0.804. The minimum Gasteiger partial charge on any atom is -0.510 e. The molecule has 1 fully saturated rings. The first-order chi connectivity index (χ1) is 20.8. The van der Waals surface area contributed by atoms with Crippen LogP contribution < -0.4 is 10.6 Å². The van der Waals surface area contributed by atoms with Gasteiger partial charge in [-0.1, -0.05) is 0 Å². The van der Waals surface area contributed by atoms with Crippen LogP contribution in [0.25, 0.3) is 0 Å². The molecule has 5 aliphatic rings. The van der Waals surface area contributed by atoms with E-state index in [2.05, 4.69) is 4.90 Å². The third-order valence-electron chi connectivity index (χ3n) is 9.99. The number of allylic oxidation sites excluding steroid dienone is 1. The summed E-state index contributed by atoms with van der Waals surface area (Å²) in [6.07, 6.45) is 4.57. The van der Waals surface area contributed by atoms with Gasteiger partial charge in [-0.15, -0.1) is 0 Å². The quantitative estimate of drug-likeness (QED) is 0.297. The third-order valence-corrected chi connectivity index (χ3v) is 9.99. The fraction of sp³-hybridized carbons (Fsp3) is 0.531. The van der Waals surface area contributed by atoms with Gasteiger partial charge in [0, 0.05) is 43.3 Å². The molecule has 236 valence electrons. The minimum atomic E-state index is -2.68. The number of hydrogen-bond donors (Lipinski definition) is 5. The second-order valence-corrected chi connectivity index (χ2v) is 13.0. The fourth-order valence-corrected chi connectivity index (χ4v) is 7.93. The Morgan fingerprint density at radius 3 is 2.43 bits per heavy atom. The van der Waals surface area contributed by atoms with Gasteiger partial charge in [0.05, 0.1) is 18.2 Å². The number of nitrogens with two attached hydrogens (primary N) is 1. The summed E-state index contributed by atoms with van der Waals surface area (Å²) in [4.78, 5) is 45.8. The number of anilines is 1. The number of phenols is 1. The summed E-state index contributed by atoms with van der Waals surface area (Å²) in [5, 5.41) is 46.1.